The van der Waals surface area contributed by atoms with Crippen molar-refractivity contribution in [1.29, 1.82) is 5.41 Å². The van der Waals surface area contributed by atoms with Crippen LogP contribution < -0.4 is 10.6 Å². The highest BCUT2D eigenvalue weighted by Crippen LogP contribution is 2.33. The highest BCUT2D eigenvalue weighted by atomic mass is 19.4. The Labute approximate surface area is 110 Å². The molecule has 0 radical (unpaired) electrons. The Hall–Kier alpha value is -1.72. The number of amidine groups is 1. The van der Waals surface area contributed by atoms with Gasteiger partial charge in [-0.05, 0) is 31.5 Å². The Morgan fingerprint density at radius 2 is 1.95 bits per heavy atom. The van der Waals surface area contributed by atoms with E-state index in [4.69, 9.17) is 11.1 Å². The average molecular weight is 273 g/mol. The molecule has 0 atom stereocenters. The molecular weight excluding hydrogens is 255 g/mol. The number of nitrogens with zero attached hydrogens (tertiary/aromatic N) is 1. The first-order valence-corrected chi connectivity index (χ1v) is 6.11. The van der Waals surface area contributed by atoms with Crippen molar-refractivity contribution in [2.45, 2.75) is 26.4 Å². The molecule has 0 bridgehead atoms. The highest BCUT2D eigenvalue weighted by molar-refractivity contribution is 5.97. The first-order chi connectivity index (χ1) is 8.81. The van der Waals surface area contributed by atoms with Gasteiger partial charge in [0.25, 0.3) is 0 Å². The van der Waals surface area contributed by atoms with Crippen LogP contribution in [0.2, 0.25) is 0 Å². The van der Waals surface area contributed by atoms with E-state index < -0.39 is 17.6 Å². The van der Waals surface area contributed by atoms with Gasteiger partial charge in [-0.1, -0.05) is 6.92 Å². The molecule has 0 aromatic heterocycles. The van der Waals surface area contributed by atoms with Gasteiger partial charge in [-0.15, -0.1) is 0 Å². The molecule has 0 saturated carbocycles. The molecule has 0 heterocycles. The minimum atomic E-state index is -4.50. The summed E-state index contributed by atoms with van der Waals surface area (Å²) in [4.78, 5) is 1.95. The van der Waals surface area contributed by atoms with E-state index in [1.165, 1.54) is 12.1 Å². The van der Waals surface area contributed by atoms with E-state index in [1.54, 1.807) is 0 Å². The molecule has 0 spiro atoms. The number of halogens is 3. The van der Waals surface area contributed by atoms with E-state index in [2.05, 4.69) is 0 Å². The molecule has 19 heavy (non-hydrogen) atoms. The van der Waals surface area contributed by atoms with Gasteiger partial charge < -0.3 is 10.6 Å². The fourth-order valence-electron chi connectivity index (χ4n) is 1.94. The monoisotopic (exact) mass is 273 g/mol. The third-order valence-corrected chi connectivity index (χ3v) is 2.84. The summed E-state index contributed by atoms with van der Waals surface area (Å²) in [5.74, 6) is -0.568. The van der Waals surface area contributed by atoms with Crippen molar-refractivity contribution >= 4 is 11.5 Å². The Bertz CT molecular complexity index is 455. The van der Waals surface area contributed by atoms with Crippen molar-refractivity contribution in [3.8, 4) is 0 Å². The molecular formula is C13H18F3N3. The Morgan fingerprint density at radius 1 is 1.32 bits per heavy atom. The number of nitrogen functional groups attached to an aromatic ring is 1. The van der Waals surface area contributed by atoms with E-state index >= 15 is 0 Å². The number of hydrogen-bond donors (Lipinski definition) is 2. The molecule has 1 aromatic carbocycles. The van der Waals surface area contributed by atoms with Crippen LogP contribution in [0.5, 0.6) is 0 Å². The number of benzene rings is 1. The molecule has 0 aliphatic rings. The summed E-state index contributed by atoms with van der Waals surface area (Å²) >= 11 is 0. The Kier molecular flexibility index (Phi) is 4.80. The van der Waals surface area contributed by atoms with Crippen LogP contribution in [0.4, 0.5) is 18.9 Å². The zero-order valence-corrected chi connectivity index (χ0v) is 11.0. The highest BCUT2D eigenvalue weighted by Gasteiger charge is 2.34. The standard InChI is InChI=1S/C13H18F3N3/c1-3-7-19(4-2)9-5-6-11(13(14,15)16)10(8-9)12(17)18/h5-6,8H,3-4,7H2,1-2H3,(H3,17,18). The summed E-state index contributed by atoms with van der Waals surface area (Å²) < 4.78 is 38.4. The summed E-state index contributed by atoms with van der Waals surface area (Å²) in [6, 6.07) is 3.75. The van der Waals surface area contributed by atoms with Gasteiger partial charge in [0.15, 0.2) is 0 Å². The minimum Gasteiger partial charge on any atom is -0.384 e. The molecule has 3 N–H and O–H groups in total. The predicted octanol–water partition coefficient (Wildman–Crippen LogP) is 3.23. The normalized spacial score (nSPS) is 11.4. The fourth-order valence-corrected chi connectivity index (χ4v) is 1.94. The van der Waals surface area contributed by atoms with Crippen molar-refractivity contribution in [3.63, 3.8) is 0 Å². The largest absolute Gasteiger partial charge is 0.417 e. The van der Waals surface area contributed by atoms with Gasteiger partial charge in [0, 0.05) is 24.3 Å². The SMILES string of the molecule is CCCN(CC)c1ccc(C(F)(F)F)c(C(=N)N)c1. The molecule has 1 rings (SSSR count). The third kappa shape index (κ3) is 3.62. The Morgan fingerprint density at radius 3 is 2.37 bits per heavy atom. The third-order valence-electron chi connectivity index (χ3n) is 2.84. The van der Waals surface area contributed by atoms with E-state index in [1.807, 2.05) is 18.7 Å². The zero-order valence-electron chi connectivity index (χ0n) is 11.0. The quantitative estimate of drug-likeness (QED) is 0.639. The number of nitrogens with two attached hydrogens (primary N) is 1. The van der Waals surface area contributed by atoms with Gasteiger partial charge in [0.2, 0.25) is 0 Å². The van der Waals surface area contributed by atoms with E-state index in [0.717, 1.165) is 19.0 Å². The fraction of sp³-hybridized carbons (Fsp3) is 0.462. The summed E-state index contributed by atoms with van der Waals surface area (Å²) in [6.07, 6.45) is -3.61. The molecule has 106 valence electrons. The van der Waals surface area contributed by atoms with Crippen molar-refractivity contribution < 1.29 is 13.2 Å². The maximum absolute atomic E-state index is 12.8. The number of hydrogen-bond acceptors (Lipinski definition) is 2. The summed E-state index contributed by atoms with van der Waals surface area (Å²) in [6.45, 7) is 5.37. The summed E-state index contributed by atoms with van der Waals surface area (Å²) in [7, 11) is 0. The van der Waals surface area contributed by atoms with Gasteiger partial charge in [-0.2, -0.15) is 13.2 Å². The van der Waals surface area contributed by atoms with Gasteiger partial charge in [0.05, 0.1) is 5.56 Å². The molecule has 6 heteroatoms. The summed E-state index contributed by atoms with van der Waals surface area (Å²) in [5.41, 5.74) is 4.79. The lowest BCUT2D eigenvalue weighted by atomic mass is 10.0. The van der Waals surface area contributed by atoms with E-state index in [0.29, 0.717) is 12.2 Å². The van der Waals surface area contributed by atoms with E-state index in [-0.39, 0.29) is 5.56 Å². The van der Waals surface area contributed by atoms with Gasteiger partial charge in [-0.3, -0.25) is 5.41 Å². The molecule has 0 aliphatic heterocycles. The van der Waals surface area contributed by atoms with Crippen LogP contribution in [0.15, 0.2) is 18.2 Å². The molecule has 0 fully saturated rings. The number of alkyl halides is 3. The smallest absolute Gasteiger partial charge is 0.384 e. The molecule has 0 amide bonds. The molecule has 0 saturated heterocycles. The van der Waals surface area contributed by atoms with E-state index in [9.17, 15) is 13.2 Å². The van der Waals surface area contributed by atoms with Gasteiger partial charge in [-0.25, -0.2) is 0 Å². The summed E-state index contributed by atoms with van der Waals surface area (Å²) in [5, 5.41) is 7.31. The second-order valence-corrected chi connectivity index (χ2v) is 4.22. The Balaban J connectivity index is 3.27. The van der Waals surface area contributed by atoms with Crippen LogP contribution in [0, 0.1) is 5.41 Å². The van der Waals surface area contributed by atoms with Crippen molar-refractivity contribution in [3.05, 3.63) is 29.3 Å². The van der Waals surface area contributed by atoms with Crippen LogP contribution in [0.1, 0.15) is 31.4 Å². The first-order valence-electron chi connectivity index (χ1n) is 6.11. The predicted molar refractivity (Wildman–Crippen MR) is 70.6 cm³/mol. The van der Waals surface area contributed by atoms with Crippen LogP contribution in [-0.2, 0) is 6.18 Å². The minimum absolute atomic E-state index is 0.264. The molecule has 1 aromatic rings. The van der Waals surface area contributed by atoms with Gasteiger partial charge in [0.1, 0.15) is 5.84 Å². The molecule has 0 aliphatic carbocycles. The molecule has 3 nitrogen and oxygen atoms in total. The van der Waals surface area contributed by atoms with Crippen LogP contribution >= 0.6 is 0 Å². The average Bonchev–Trinajstić information content (AvgIpc) is 2.34. The maximum atomic E-state index is 12.8. The van der Waals surface area contributed by atoms with Crippen LogP contribution in [0.25, 0.3) is 0 Å². The number of anilines is 1. The first kappa shape index (κ1) is 15.3. The zero-order chi connectivity index (χ0) is 14.6. The molecule has 0 unspecified atom stereocenters. The van der Waals surface area contributed by atoms with Crippen LogP contribution in [0.3, 0.4) is 0 Å². The lowest BCUT2D eigenvalue weighted by molar-refractivity contribution is -0.137. The number of nitrogens with one attached hydrogen (secondary N) is 1. The van der Waals surface area contributed by atoms with Crippen LogP contribution in [-0.4, -0.2) is 18.9 Å². The van der Waals surface area contributed by atoms with Crippen molar-refractivity contribution in [2.75, 3.05) is 18.0 Å². The second kappa shape index (κ2) is 5.95. The topological polar surface area (TPSA) is 53.1 Å². The van der Waals surface area contributed by atoms with Gasteiger partial charge >= 0.3 is 6.18 Å². The lowest BCUT2D eigenvalue weighted by Gasteiger charge is -2.24. The lowest BCUT2D eigenvalue weighted by Crippen LogP contribution is -2.25. The van der Waals surface area contributed by atoms with Crippen molar-refractivity contribution in [2.24, 2.45) is 5.73 Å². The van der Waals surface area contributed by atoms with Crippen molar-refractivity contribution in [1.82, 2.24) is 0 Å². The maximum Gasteiger partial charge on any atom is 0.417 e. The second-order valence-electron chi connectivity index (χ2n) is 4.22. The number of rotatable bonds is 5.